The number of hydrogen-bond acceptors (Lipinski definition) is 6. The molecule has 0 spiro atoms. The van der Waals surface area contributed by atoms with E-state index in [9.17, 15) is 13.2 Å². The molecule has 1 aromatic rings. The Kier molecular flexibility index (Phi) is 5.07. The fourth-order valence-electron chi connectivity index (χ4n) is 1.97. The Labute approximate surface area is 128 Å². The highest BCUT2D eigenvalue weighted by atomic mass is 32.2. The first-order valence-electron chi connectivity index (χ1n) is 6.43. The Balaban J connectivity index is 1.81. The molecule has 1 aromatic heterocycles. The molecule has 9 heteroatoms. The Bertz CT molecular complexity index is 595. The molecule has 2 rings (SSSR count). The van der Waals surface area contributed by atoms with E-state index >= 15 is 0 Å². The first-order valence-corrected chi connectivity index (χ1v) is 9.27. The molecule has 2 N–H and O–H groups in total. The third kappa shape index (κ3) is 4.58. The van der Waals surface area contributed by atoms with Crippen molar-refractivity contribution in [3.05, 3.63) is 18.3 Å². The average molecular weight is 330 g/mol. The molecule has 116 valence electrons. The van der Waals surface area contributed by atoms with Gasteiger partial charge in [0.1, 0.15) is 0 Å². The van der Waals surface area contributed by atoms with Gasteiger partial charge < -0.3 is 10.6 Å². The Morgan fingerprint density at radius 1 is 1.33 bits per heavy atom. The van der Waals surface area contributed by atoms with Crippen molar-refractivity contribution < 1.29 is 13.2 Å². The van der Waals surface area contributed by atoms with E-state index in [0.29, 0.717) is 31.9 Å². The van der Waals surface area contributed by atoms with Crippen molar-refractivity contribution in [3.63, 3.8) is 0 Å². The van der Waals surface area contributed by atoms with E-state index < -0.39 is 10.0 Å². The SMILES string of the molecule is CS(=O)(=O)N1CCN(C(=O)CSc2ccc(N)cn2)CC1. The summed E-state index contributed by atoms with van der Waals surface area (Å²) in [5.74, 6) is 0.280. The second-order valence-corrected chi connectivity index (χ2v) is 7.74. The second-order valence-electron chi connectivity index (χ2n) is 4.76. The van der Waals surface area contributed by atoms with Gasteiger partial charge in [-0.25, -0.2) is 13.4 Å². The van der Waals surface area contributed by atoms with Gasteiger partial charge in [-0.15, -0.1) is 0 Å². The summed E-state index contributed by atoms with van der Waals surface area (Å²) in [6.45, 7) is 1.58. The monoisotopic (exact) mass is 330 g/mol. The van der Waals surface area contributed by atoms with Gasteiger partial charge in [-0.05, 0) is 12.1 Å². The first kappa shape index (κ1) is 16.1. The lowest BCUT2D eigenvalue weighted by Crippen LogP contribution is -2.50. The van der Waals surface area contributed by atoms with E-state index in [1.54, 1.807) is 23.2 Å². The highest BCUT2D eigenvalue weighted by molar-refractivity contribution is 7.99. The van der Waals surface area contributed by atoms with Crippen molar-refractivity contribution in [2.75, 3.05) is 43.9 Å². The number of nitrogen functional groups attached to an aromatic ring is 1. The van der Waals surface area contributed by atoms with Crippen molar-refractivity contribution in [1.82, 2.24) is 14.2 Å². The standard InChI is InChI=1S/C12H18N4O3S2/c1-21(18,19)16-6-4-15(5-7-16)12(17)9-20-11-3-2-10(13)8-14-11/h2-3,8H,4-7,9,13H2,1H3. The van der Waals surface area contributed by atoms with Gasteiger partial charge in [0.05, 0.1) is 28.9 Å². The minimum atomic E-state index is -3.17. The van der Waals surface area contributed by atoms with Crippen molar-refractivity contribution in [2.24, 2.45) is 0 Å². The predicted molar refractivity (Wildman–Crippen MR) is 82.4 cm³/mol. The molecule has 7 nitrogen and oxygen atoms in total. The number of amides is 1. The topological polar surface area (TPSA) is 96.6 Å². The zero-order valence-electron chi connectivity index (χ0n) is 11.7. The summed E-state index contributed by atoms with van der Waals surface area (Å²) in [6.07, 6.45) is 2.74. The minimum absolute atomic E-state index is 0.00761. The van der Waals surface area contributed by atoms with Gasteiger partial charge in [-0.3, -0.25) is 4.79 Å². The molecule has 0 saturated carbocycles. The van der Waals surface area contributed by atoms with E-state index in [1.165, 1.54) is 22.3 Å². The zero-order chi connectivity index (χ0) is 15.5. The number of thioether (sulfide) groups is 1. The fourth-order valence-corrected chi connectivity index (χ4v) is 3.55. The summed E-state index contributed by atoms with van der Waals surface area (Å²) in [5, 5.41) is 0.743. The number of carbonyl (C=O) groups is 1. The van der Waals surface area contributed by atoms with Crippen LogP contribution in [-0.2, 0) is 14.8 Å². The number of nitrogens with two attached hydrogens (primary N) is 1. The summed E-state index contributed by atoms with van der Waals surface area (Å²) in [6, 6.07) is 3.51. The number of nitrogens with zero attached hydrogens (tertiary/aromatic N) is 3. The molecule has 1 aliphatic heterocycles. The van der Waals surface area contributed by atoms with E-state index in [1.807, 2.05) is 0 Å². The van der Waals surface area contributed by atoms with Gasteiger partial charge in [-0.1, -0.05) is 11.8 Å². The number of aromatic nitrogens is 1. The predicted octanol–water partition coefficient (Wildman–Crippen LogP) is -0.140. The van der Waals surface area contributed by atoms with Crippen LogP contribution in [0.2, 0.25) is 0 Å². The number of piperazine rings is 1. The van der Waals surface area contributed by atoms with E-state index in [0.717, 1.165) is 5.03 Å². The van der Waals surface area contributed by atoms with Crippen molar-refractivity contribution >= 4 is 33.4 Å². The minimum Gasteiger partial charge on any atom is -0.397 e. The van der Waals surface area contributed by atoms with Crippen molar-refractivity contribution in [1.29, 1.82) is 0 Å². The lowest BCUT2D eigenvalue weighted by Gasteiger charge is -2.33. The number of anilines is 1. The van der Waals surface area contributed by atoms with Gasteiger partial charge in [0.25, 0.3) is 0 Å². The Morgan fingerprint density at radius 2 is 2.00 bits per heavy atom. The first-order chi connectivity index (χ1) is 9.86. The van der Waals surface area contributed by atoms with Gasteiger partial charge in [0.15, 0.2) is 0 Å². The van der Waals surface area contributed by atoms with Crippen molar-refractivity contribution in [3.8, 4) is 0 Å². The molecule has 0 aromatic carbocycles. The molecule has 21 heavy (non-hydrogen) atoms. The van der Waals surface area contributed by atoms with Crippen LogP contribution in [0, 0.1) is 0 Å². The highest BCUT2D eigenvalue weighted by Gasteiger charge is 2.25. The van der Waals surface area contributed by atoms with Crippen LogP contribution in [0.3, 0.4) is 0 Å². The number of carbonyl (C=O) groups excluding carboxylic acids is 1. The van der Waals surface area contributed by atoms with Crippen LogP contribution in [-0.4, -0.2) is 66.7 Å². The third-order valence-electron chi connectivity index (χ3n) is 3.16. The van der Waals surface area contributed by atoms with Crippen LogP contribution in [0.25, 0.3) is 0 Å². The van der Waals surface area contributed by atoms with Crippen LogP contribution in [0.4, 0.5) is 5.69 Å². The number of pyridine rings is 1. The van der Waals surface area contributed by atoms with Gasteiger partial charge in [0, 0.05) is 26.2 Å². The molecule has 0 unspecified atom stereocenters. The summed E-state index contributed by atoms with van der Waals surface area (Å²) in [4.78, 5) is 17.9. The summed E-state index contributed by atoms with van der Waals surface area (Å²) >= 11 is 1.35. The van der Waals surface area contributed by atoms with E-state index in [-0.39, 0.29) is 11.7 Å². The molecular formula is C12H18N4O3S2. The molecule has 2 heterocycles. The fraction of sp³-hybridized carbons (Fsp3) is 0.500. The summed E-state index contributed by atoms with van der Waals surface area (Å²) in [5.41, 5.74) is 6.13. The smallest absolute Gasteiger partial charge is 0.233 e. The molecular weight excluding hydrogens is 312 g/mol. The number of rotatable bonds is 4. The second kappa shape index (κ2) is 6.63. The van der Waals surface area contributed by atoms with Gasteiger partial charge >= 0.3 is 0 Å². The van der Waals surface area contributed by atoms with Crippen LogP contribution in [0.1, 0.15) is 0 Å². The number of hydrogen-bond donors (Lipinski definition) is 1. The highest BCUT2D eigenvalue weighted by Crippen LogP contribution is 2.17. The van der Waals surface area contributed by atoms with Crippen LogP contribution >= 0.6 is 11.8 Å². The van der Waals surface area contributed by atoms with Gasteiger partial charge in [-0.2, -0.15) is 4.31 Å². The molecule has 1 fully saturated rings. The molecule has 1 saturated heterocycles. The maximum absolute atomic E-state index is 12.1. The average Bonchev–Trinajstić information content (AvgIpc) is 2.45. The molecule has 1 amide bonds. The summed E-state index contributed by atoms with van der Waals surface area (Å²) in [7, 11) is -3.17. The third-order valence-corrected chi connectivity index (χ3v) is 5.39. The molecule has 0 aliphatic carbocycles. The molecule has 0 atom stereocenters. The maximum Gasteiger partial charge on any atom is 0.233 e. The lowest BCUT2D eigenvalue weighted by atomic mass is 10.3. The lowest BCUT2D eigenvalue weighted by molar-refractivity contribution is -0.129. The van der Waals surface area contributed by atoms with Crippen LogP contribution < -0.4 is 5.73 Å². The largest absolute Gasteiger partial charge is 0.397 e. The maximum atomic E-state index is 12.1. The van der Waals surface area contributed by atoms with E-state index in [2.05, 4.69) is 4.98 Å². The molecule has 0 bridgehead atoms. The van der Waals surface area contributed by atoms with E-state index in [4.69, 9.17) is 5.73 Å². The zero-order valence-corrected chi connectivity index (χ0v) is 13.4. The van der Waals surface area contributed by atoms with Crippen LogP contribution in [0.5, 0.6) is 0 Å². The quantitative estimate of drug-likeness (QED) is 0.772. The van der Waals surface area contributed by atoms with Gasteiger partial charge in [0.2, 0.25) is 15.9 Å². The summed E-state index contributed by atoms with van der Waals surface area (Å²) < 4.78 is 24.2. The molecule has 0 radical (unpaired) electrons. The molecule has 1 aliphatic rings. The normalized spacial score (nSPS) is 16.9. The Morgan fingerprint density at radius 3 is 2.52 bits per heavy atom. The van der Waals surface area contributed by atoms with Crippen LogP contribution in [0.15, 0.2) is 23.4 Å². The Hall–Kier alpha value is -1.32. The number of sulfonamides is 1. The van der Waals surface area contributed by atoms with Crippen molar-refractivity contribution in [2.45, 2.75) is 5.03 Å².